The van der Waals surface area contributed by atoms with Crippen molar-refractivity contribution in [3.8, 4) is 5.75 Å². The van der Waals surface area contributed by atoms with E-state index < -0.39 is 0 Å². The Labute approximate surface area is 104 Å². The normalized spacial score (nSPS) is 22.4. The minimum absolute atomic E-state index is 0. The molecule has 0 unspecified atom stereocenters. The molecule has 0 saturated heterocycles. The molecule has 2 atom stereocenters. The maximum absolute atomic E-state index is 5.74. The van der Waals surface area contributed by atoms with Crippen LogP contribution in [0, 0.1) is 5.92 Å². The summed E-state index contributed by atoms with van der Waals surface area (Å²) in [6.45, 7) is 3.73. The lowest BCUT2D eigenvalue weighted by Crippen LogP contribution is -2.03. The summed E-state index contributed by atoms with van der Waals surface area (Å²) in [4.78, 5) is 0. The molecule has 1 aliphatic rings. The van der Waals surface area contributed by atoms with E-state index in [1.165, 1.54) is 12.0 Å². The average molecular weight is 242 g/mol. The first-order valence-corrected chi connectivity index (χ1v) is 5.78. The van der Waals surface area contributed by atoms with Gasteiger partial charge in [0.2, 0.25) is 0 Å². The van der Waals surface area contributed by atoms with Crippen molar-refractivity contribution in [3.63, 3.8) is 0 Å². The lowest BCUT2D eigenvalue weighted by Gasteiger charge is -2.10. The zero-order chi connectivity index (χ0) is 10.7. The standard InChI is InChI=1S/C13H19NO.ClH/c1-2-7-15-13-6-4-3-5-11(13)12-8-10(12)9-14;/h3-6,10,12H,2,7-9,14H2,1H3;1H/t10-,12+;/m1./s1. The van der Waals surface area contributed by atoms with Crippen LogP contribution in [-0.2, 0) is 0 Å². The first-order chi connectivity index (χ1) is 7.36. The fraction of sp³-hybridized carbons (Fsp3) is 0.538. The van der Waals surface area contributed by atoms with Gasteiger partial charge in [0, 0.05) is 0 Å². The highest BCUT2D eigenvalue weighted by molar-refractivity contribution is 5.85. The van der Waals surface area contributed by atoms with Gasteiger partial charge in [-0.2, -0.15) is 0 Å². The van der Waals surface area contributed by atoms with Crippen LogP contribution in [0.15, 0.2) is 24.3 Å². The van der Waals surface area contributed by atoms with Crippen molar-refractivity contribution in [2.45, 2.75) is 25.7 Å². The van der Waals surface area contributed by atoms with Gasteiger partial charge in [-0.1, -0.05) is 25.1 Å². The van der Waals surface area contributed by atoms with Crippen LogP contribution in [0.4, 0.5) is 0 Å². The van der Waals surface area contributed by atoms with Crippen LogP contribution in [0.1, 0.15) is 31.2 Å². The van der Waals surface area contributed by atoms with Crippen molar-refractivity contribution in [3.05, 3.63) is 29.8 Å². The Morgan fingerprint density at radius 3 is 2.75 bits per heavy atom. The predicted octanol–water partition coefficient (Wildman–Crippen LogP) is 2.96. The molecule has 2 N–H and O–H groups in total. The fourth-order valence-corrected chi connectivity index (χ4v) is 2.02. The number of rotatable bonds is 5. The van der Waals surface area contributed by atoms with Gasteiger partial charge in [-0.15, -0.1) is 12.4 Å². The molecule has 1 aromatic carbocycles. The van der Waals surface area contributed by atoms with Crippen molar-refractivity contribution >= 4 is 12.4 Å². The molecule has 2 nitrogen and oxygen atoms in total. The monoisotopic (exact) mass is 241 g/mol. The third kappa shape index (κ3) is 2.89. The second-order valence-corrected chi connectivity index (χ2v) is 4.22. The second-order valence-electron chi connectivity index (χ2n) is 4.22. The van der Waals surface area contributed by atoms with Crippen LogP contribution in [0.3, 0.4) is 0 Å². The van der Waals surface area contributed by atoms with Crippen molar-refractivity contribution in [1.29, 1.82) is 0 Å². The number of benzene rings is 1. The molecule has 0 heterocycles. The molecule has 0 radical (unpaired) electrons. The Morgan fingerprint density at radius 2 is 2.12 bits per heavy atom. The molecular weight excluding hydrogens is 222 g/mol. The van der Waals surface area contributed by atoms with E-state index in [9.17, 15) is 0 Å². The number of para-hydroxylation sites is 1. The number of hydrogen-bond donors (Lipinski definition) is 1. The van der Waals surface area contributed by atoms with Gasteiger partial charge >= 0.3 is 0 Å². The van der Waals surface area contributed by atoms with Crippen LogP contribution in [0.25, 0.3) is 0 Å². The first-order valence-electron chi connectivity index (χ1n) is 5.78. The molecule has 0 aromatic heterocycles. The molecule has 0 bridgehead atoms. The van der Waals surface area contributed by atoms with Crippen molar-refractivity contribution < 1.29 is 4.74 Å². The highest BCUT2D eigenvalue weighted by atomic mass is 35.5. The third-order valence-electron chi connectivity index (χ3n) is 3.01. The van der Waals surface area contributed by atoms with E-state index in [1.54, 1.807) is 0 Å². The molecule has 1 saturated carbocycles. The Hall–Kier alpha value is -0.730. The van der Waals surface area contributed by atoms with E-state index in [0.29, 0.717) is 11.8 Å². The summed E-state index contributed by atoms with van der Waals surface area (Å²) < 4.78 is 5.74. The maximum atomic E-state index is 5.74. The summed E-state index contributed by atoms with van der Waals surface area (Å²) in [7, 11) is 0. The van der Waals surface area contributed by atoms with Gasteiger partial charge in [0.1, 0.15) is 5.75 Å². The van der Waals surface area contributed by atoms with E-state index >= 15 is 0 Å². The van der Waals surface area contributed by atoms with Crippen LogP contribution >= 0.6 is 12.4 Å². The highest BCUT2D eigenvalue weighted by Crippen LogP contribution is 2.49. The van der Waals surface area contributed by atoms with Crippen molar-refractivity contribution in [2.75, 3.05) is 13.2 Å². The van der Waals surface area contributed by atoms with Crippen molar-refractivity contribution in [2.24, 2.45) is 11.7 Å². The summed E-state index contributed by atoms with van der Waals surface area (Å²) in [5.41, 5.74) is 7.02. The maximum Gasteiger partial charge on any atom is 0.122 e. The second kappa shape index (κ2) is 6.12. The van der Waals surface area contributed by atoms with E-state index in [2.05, 4.69) is 25.1 Å². The molecule has 0 spiro atoms. The van der Waals surface area contributed by atoms with Crippen LogP contribution in [-0.4, -0.2) is 13.2 Å². The van der Waals surface area contributed by atoms with Crippen LogP contribution in [0.2, 0.25) is 0 Å². The smallest absolute Gasteiger partial charge is 0.122 e. The summed E-state index contributed by atoms with van der Waals surface area (Å²) in [5, 5.41) is 0. The lowest BCUT2D eigenvalue weighted by atomic mass is 10.1. The Bertz CT molecular complexity index is 329. The van der Waals surface area contributed by atoms with Gasteiger partial charge in [-0.05, 0) is 42.9 Å². The molecule has 1 fully saturated rings. The van der Waals surface area contributed by atoms with Gasteiger partial charge in [0.25, 0.3) is 0 Å². The SMILES string of the molecule is CCCOc1ccccc1[C@H]1C[C@@H]1CN.Cl. The largest absolute Gasteiger partial charge is 0.493 e. The van der Waals surface area contributed by atoms with Gasteiger partial charge in [0.05, 0.1) is 6.61 Å². The Morgan fingerprint density at radius 1 is 1.38 bits per heavy atom. The van der Waals surface area contributed by atoms with E-state index in [4.69, 9.17) is 10.5 Å². The third-order valence-corrected chi connectivity index (χ3v) is 3.01. The molecule has 0 aliphatic heterocycles. The molecule has 1 aromatic rings. The first kappa shape index (κ1) is 13.3. The lowest BCUT2D eigenvalue weighted by molar-refractivity contribution is 0.314. The summed E-state index contributed by atoms with van der Waals surface area (Å²) >= 11 is 0. The highest BCUT2D eigenvalue weighted by Gasteiger charge is 2.38. The minimum Gasteiger partial charge on any atom is -0.493 e. The number of ether oxygens (including phenoxy) is 1. The minimum atomic E-state index is 0. The molecule has 2 rings (SSSR count). The zero-order valence-electron chi connectivity index (χ0n) is 9.69. The molecule has 90 valence electrons. The zero-order valence-corrected chi connectivity index (χ0v) is 10.5. The molecule has 1 aliphatic carbocycles. The predicted molar refractivity (Wildman–Crippen MR) is 69.4 cm³/mol. The Balaban J connectivity index is 0.00000128. The number of hydrogen-bond acceptors (Lipinski definition) is 2. The van der Waals surface area contributed by atoms with Gasteiger partial charge in [-0.25, -0.2) is 0 Å². The van der Waals surface area contributed by atoms with Crippen LogP contribution < -0.4 is 10.5 Å². The van der Waals surface area contributed by atoms with E-state index in [-0.39, 0.29) is 12.4 Å². The summed E-state index contributed by atoms with van der Waals surface area (Å²) in [5.74, 6) is 2.37. The molecular formula is C13H20ClNO. The summed E-state index contributed by atoms with van der Waals surface area (Å²) in [6.07, 6.45) is 2.28. The number of halogens is 1. The van der Waals surface area contributed by atoms with Gasteiger partial charge < -0.3 is 10.5 Å². The molecule has 0 amide bonds. The van der Waals surface area contributed by atoms with Gasteiger partial charge in [-0.3, -0.25) is 0 Å². The molecule has 3 heteroatoms. The number of nitrogens with two attached hydrogens (primary N) is 1. The molecule has 16 heavy (non-hydrogen) atoms. The summed E-state index contributed by atoms with van der Waals surface area (Å²) in [6, 6.07) is 8.36. The average Bonchev–Trinajstić information content (AvgIpc) is 3.06. The quantitative estimate of drug-likeness (QED) is 0.860. The fourth-order valence-electron chi connectivity index (χ4n) is 2.02. The van der Waals surface area contributed by atoms with E-state index in [0.717, 1.165) is 25.3 Å². The van der Waals surface area contributed by atoms with E-state index in [1.807, 2.05) is 6.07 Å². The van der Waals surface area contributed by atoms with Crippen LogP contribution in [0.5, 0.6) is 5.75 Å². The Kier molecular flexibility index (Phi) is 5.10. The van der Waals surface area contributed by atoms with Gasteiger partial charge in [0.15, 0.2) is 0 Å². The van der Waals surface area contributed by atoms with Crippen molar-refractivity contribution in [1.82, 2.24) is 0 Å². The topological polar surface area (TPSA) is 35.2 Å².